The molecule has 0 saturated carbocycles. The van der Waals surface area contributed by atoms with E-state index < -0.39 is 38.0 Å². The fourth-order valence-corrected chi connectivity index (χ4v) is 3.41. The summed E-state index contributed by atoms with van der Waals surface area (Å²) in [5.74, 6) is 0.328. The molecule has 1 aromatic carbocycles. The molecule has 1 aliphatic heterocycles. The highest BCUT2D eigenvalue weighted by molar-refractivity contribution is 7.33. The van der Waals surface area contributed by atoms with Crippen molar-refractivity contribution in [2.24, 2.45) is 0 Å². The molecular formula is C16H19FN3O6P. The van der Waals surface area contributed by atoms with E-state index in [0.717, 1.165) is 11.5 Å². The summed E-state index contributed by atoms with van der Waals surface area (Å²) in [7, 11) is -2.94. The lowest BCUT2D eigenvalue weighted by Gasteiger charge is -2.24. The van der Waals surface area contributed by atoms with Crippen molar-refractivity contribution in [3.63, 3.8) is 0 Å². The molecule has 11 heteroatoms. The number of anilines is 1. The van der Waals surface area contributed by atoms with Gasteiger partial charge in [-0.25, -0.2) is 13.8 Å². The Kier molecular flexibility index (Phi) is 5.61. The lowest BCUT2D eigenvalue weighted by molar-refractivity contribution is -0.0585. The van der Waals surface area contributed by atoms with Crippen LogP contribution in [0.3, 0.4) is 0 Å². The number of aliphatic hydroxyl groups excluding tert-OH is 1. The molecule has 0 aliphatic carbocycles. The normalized spacial score (nSPS) is 28.8. The average molecular weight is 399 g/mol. The number of benzene rings is 1. The standard InChI is InChI=1S/C16H19FN3O6P/c1-16(17)13(21)11(9-24-27(23)26-10-5-3-2-4-6-10)25-14(16)20-8-7-12(18)19-15(20)22/h2-8,11,13-14,21,27H,9H2,1H3,(H2,18,19,22)/t11?,13-,14?,16-/m1/s1. The van der Waals surface area contributed by atoms with Gasteiger partial charge in [-0.3, -0.25) is 9.09 Å². The van der Waals surface area contributed by atoms with Crippen molar-refractivity contribution in [1.82, 2.24) is 9.55 Å². The number of aliphatic hydroxyl groups is 1. The van der Waals surface area contributed by atoms with Crippen molar-refractivity contribution in [1.29, 1.82) is 0 Å². The number of aromatic nitrogens is 2. The Bertz CT molecular complexity index is 878. The molecule has 5 atom stereocenters. The van der Waals surface area contributed by atoms with E-state index in [4.69, 9.17) is 19.5 Å². The molecule has 146 valence electrons. The monoisotopic (exact) mass is 399 g/mol. The van der Waals surface area contributed by atoms with Crippen LogP contribution in [0.2, 0.25) is 0 Å². The van der Waals surface area contributed by atoms with Crippen LogP contribution in [0.5, 0.6) is 5.75 Å². The Labute approximate surface area is 154 Å². The Hall–Kier alpha value is -2.26. The lowest BCUT2D eigenvalue weighted by atomic mass is 9.98. The molecule has 0 radical (unpaired) electrons. The molecule has 0 spiro atoms. The minimum absolute atomic E-state index is 0.0214. The van der Waals surface area contributed by atoms with Gasteiger partial charge in [0.1, 0.15) is 23.8 Å². The third kappa shape index (κ3) is 4.19. The topological polar surface area (TPSA) is 126 Å². The maximum Gasteiger partial charge on any atom is 0.367 e. The van der Waals surface area contributed by atoms with Crippen molar-refractivity contribution in [2.75, 3.05) is 12.3 Å². The number of nitrogens with two attached hydrogens (primary N) is 1. The SMILES string of the molecule is C[C@]1(F)C(n2ccc(N)nc2=O)OC(CO[PH](=O)Oc2ccccc2)[C@H]1O. The summed E-state index contributed by atoms with van der Waals surface area (Å²) in [6.45, 7) is 0.702. The smallest absolute Gasteiger partial charge is 0.367 e. The van der Waals surface area contributed by atoms with Crippen LogP contribution in [-0.4, -0.2) is 39.1 Å². The predicted octanol–water partition coefficient (Wildman–Crippen LogP) is 1.30. The second-order valence-electron chi connectivity index (χ2n) is 6.14. The van der Waals surface area contributed by atoms with Crippen molar-refractivity contribution in [3.8, 4) is 5.75 Å². The fourth-order valence-electron chi connectivity index (χ4n) is 2.72. The minimum Gasteiger partial charge on any atom is -0.426 e. The van der Waals surface area contributed by atoms with Gasteiger partial charge in [-0.15, -0.1) is 0 Å². The van der Waals surface area contributed by atoms with Crippen molar-refractivity contribution in [3.05, 3.63) is 53.1 Å². The number of hydrogen-bond acceptors (Lipinski definition) is 8. The second-order valence-corrected chi connectivity index (χ2v) is 7.13. The van der Waals surface area contributed by atoms with Crippen LogP contribution >= 0.6 is 8.25 Å². The number of rotatable bonds is 6. The van der Waals surface area contributed by atoms with Gasteiger partial charge in [-0.2, -0.15) is 4.98 Å². The third-order valence-electron chi connectivity index (χ3n) is 4.13. The van der Waals surface area contributed by atoms with Crippen LogP contribution in [0.25, 0.3) is 0 Å². The first-order valence-electron chi connectivity index (χ1n) is 8.06. The van der Waals surface area contributed by atoms with Gasteiger partial charge in [0.15, 0.2) is 11.9 Å². The summed E-state index contributed by atoms with van der Waals surface area (Å²) in [5, 5.41) is 10.2. The second kappa shape index (κ2) is 7.77. The van der Waals surface area contributed by atoms with Crippen LogP contribution in [0.1, 0.15) is 13.2 Å². The Balaban J connectivity index is 1.67. The molecule has 0 amide bonds. The molecule has 27 heavy (non-hydrogen) atoms. The highest BCUT2D eigenvalue weighted by Gasteiger charge is 2.55. The molecule has 1 fully saturated rings. The molecular weight excluding hydrogens is 380 g/mol. The van der Waals surface area contributed by atoms with Crippen LogP contribution in [0.15, 0.2) is 47.4 Å². The largest absolute Gasteiger partial charge is 0.426 e. The maximum atomic E-state index is 15.0. The van der Waals surface area contributed by atoms with Gasteiger partial charge in [0, 0.05) is 6.20 Å². The number of alkyl halides is 1. The van der Waals surface area contributed by atoms with E-state index in [-0.39, 0.29) is 12.4 Å². The number of ether oxygens (including phenoxy) is 1. The maximum absolute atomic E-state index is 15.0. The minimum atomic E-state index is -2.94. The molecule has 2 heterocycles. The van der Waals surface area contributed by atoms with E-state index in [1.165, 1.54) is 12.3 Å². The van der Waals surface area contributed by atoms with Crippen LogP contribution in [-0.2, 0) is 13.8 Å². The van der Waals surface area contributed by atoms with Gasteiger partial charge >= 0.3 is 13.9 Å². The van der Waals surface area contributed by atoms with Gasteiger partial charge in [0.25, 0.3) is 0 Å². The highest BCUT2D eigenvalue weighted by atomic mass is 31.1. The first kappa shape index (κ1) is 19.5. The van der Waals surface area contributed by atoms with Crippen molar-refractivity contribution >= 4 is 14.1 Å². The first-order valence-corrected chi connectivity index (χ1v) is 9.28. The molecule has 0 bridgehead atoms. The number of halogens is 1. The van der Waals surface area contributed by atoms with E-state index in [1.54, 1.807) is 30.3 Å². The summed E-state index contributed by atoms with van der Waals surface area (Å²) in [4.78, 5) is 15.5. The number of nitrogen functional groups attached to an aromatic ring is 1. The summed E-state index contributed by atoms with van der Waals surface area (Å²) in [6, 6.07) is 9.68. The third-order valence-corrected chi connectivity index (χ3v) is 4.94. The average Bonchev–Trinajstić information content (AvgIpc) is 2.84. The molecule has 3 N–H and O–H groups in total. The number of para-hydroxylation sites is 1. The van der Waals surface area contributed by atoms with Crippen LogP contribution < -0.4 is 15.9 Å². The number of hydrogen-bond donors (Lipinski definition) is 2. The highest BCUT2D eigenvalue weighted by Crippen LogP contribution is 2.41. The molecule has 1 aliphatic rings. The van der Waals surface area contributed by atoms with Gasteiger partial charge in [-0.1, -0.05) is 18.2 Å². The molecule has 3 rings (SSSR count). The van der Waals surface area contributed by atoms with Crippen LogP contribution in [0, 0.1) is 0 Å². The van der Waals surface area contributed by atoms with Crippen molar-refractivity contribution in [2.45, 2.75) is 31.0 Å². The molecule has 2 aromatic rings. The fraction of sp³-hybridized carbons (Fsp3) is 0.375. The summed E-state index contributed by atoms with van der Waals surface area (Å²) < 4.78 is 43.5. The molecule has 1 aromatic heterocycles. The Morgan fingerprint density at radius 1 is 1.41 bits per heavy atom. The zero-order valence-corrected chi connectivity index (χ0v) is 15.3. The van der Waals surface area contributed by atoms with E-state index in [0.29, 0.717) is 5.75 Å². The van der Waals surface area contributed by atoms with E-state index in [2.05, 4.69) is 4.98 Å². The summed E-state index contributed by atoms with van der Waals surface area (Å²) >= 11 is 0. The first-order chi connectivity index (χ1) is 12.8. The van der Waals surface area contributed by atoms with Gasteiger partial charge in [-0.05, 0) is 25.1 Å². The van der Waals surface area contributed by atoms with Crippen LogP contribution in [0.4, 0.5) is 10.2 Å². The van der Waals surface area contributed by atoms with Crippen molar-refractivity contribution < 1.29 is 27.8 Å². The predicted molar refractivity (Wildman–Crippen MR) is 94.4 cm³/mol. The molecule has 9 nitrogen and oxygen atoms in total. The molecule has 1 saturated heterocycles. The van der Waals surface area contributed by atoms with E-state index >= 15 is 4.39 Å². The van der Waals surface area contributed by atoms with Gasteiger partial charge in [0.2, 0.25) is 0 Å². The quantitative estimate of drug-likeness (QED) is 0.696. The molecule has 3 unspecified atom stereocenters. The van der Waals surface area contributed by atoms with E-state index in [9.17, 15) is 14.5 Å². The zero-order chi connectivity index (χ0) is 19.6. The Morgan fingerprint density at radius 3 is 2.78 bits per heavy atom. The van der Waals surface area contributed by atoms with Gasteiger partial charge in [0.05, 0.1) is 6.61 Å². The lowest BCUT2D eigenvalue weighted by Crippen LogP contribution is -2.43. The number of nitrogens with zero attached hydrogens (tertiary/aromatic N) is 2. The summed E-state index contributed by atoms with van der Waals surface area (Å²) in [6.07, 6.45) is -3.01. The zero-order valence-electron chi connectivity index (χ0n) is 14.3. The van der Waals surface area contributed by atoms with Gasteiger partial charge < -0.3 is 20.1 Å². The van der Waals surface area contributed by atoms with E-state index in [1.807, 2.05) is 0 Å². The summed E-state index contributed by atoms with van der Waals surface area (Å²) in [5.41, 5.74) is 2.28. The Morgan fingerprint density at radius 2 is 2.11 bits per heavy atom.